The predicted molar refractivity (Wildman–Crippen MR) is 101 cm³/mol. The van der Waals surface area contributed by atoms with Crippen LogP contribution in [0, 0.1) is 5.41 Å². The molecule has 4 nitrogen and oxygen atoms in total. The van der Waals surface area contributed by atoms with Gasteiger partial charge in [0.05, 0.1) is 5.52 Å². The summed E-state index contributed by atoms with van der Waals surface area (Å²) in [5.41, 5.74) is 0.666. The van der Waals surface area contributed by atoms with Crippen molar-refractivity contribution in [3.63, 3.8) is 0 Å². The highest BCUT2D eigenvalue weighted by molar-refractivity contribution is 6.01. The van der Waals surface area contributed by atoms with Crippen molar-refractivity contribution < 1.29 is 4.79 Å². The molecule has 0 aliphatic rings. The number of carbonyl (C=O) groups is 1. The Morgan fingerprint density at radius 3 is 2.46 bits per heavy atom. The molecular formula is C20H31N3O. The van der Waals surface area contributed by atoms with Gasteiger partial charge >= 0.3 is 0 Å². The van der Waals surface area contributed by atoms with Gasteiger partial charge in [0.25, 0.3) is 0 Å². The number of benzene rings is 1. The zero-order valence-corrected chi connectivity index (χ0v) is 15.6. The summed E-state index contributed by atoms with van der Waals surface area (Å²) < 4.78 is 2.04. The lowest BCUT2D eigenvalue weighted by molar-refractivity contribution is -0.123. The van der Waals surface area contributed by atoms with Crippen LogP contribution in [-0.4, -0.2) is 15.7 Å². The zero-order valence-electron chi connectivity index (χ0n) is 15.6. The number of hydrogen-bond acceptors (Lipinski definition) is 2. The van der Waals surface area contributed by atoms with Gasteiger partial charge in [-0.05, 0) is 18.6 Å². The number of fused-ring (bicyclic) bond motifs is 1. The summed E-state index contributed by atoms with van der Waals surface area (Å²) in [5.74, 6) is 0.675. The summed E-state index contributed by atoms with van der Waals surface area (Å²) in [6.45, 7) is 8.88. The maximum Gasteiger partial charge on any atom is 0.230 e. The molecule has 0 aliphatic carbocycles. The largest absolute Gasteiger partial charge is 0.308 e. The van der Waals surface area contributed by atoms with Crippen molar-refractivity contribution in [3.8, 4) is 0 Å². The Kier molecular flexibility index (Phi) is 6.41. The van der Waals surface area contributed by atoms with Gasteiger partial charge in [0.2, 0.25) is 5.91 Å². The third-order valence-corrected chi connectivity index (χ3v) is 4.29. The molecule has 1 aromatic heterocycles. The third kappa shape index (κ3) is 4.83. The van der Waals surface area contributed by atoms with Crippen molar-refractivity contribution in [3.05, 3.63) is 24.3 Å². The quantitative estimate of drug-likeness (QED) is 0.661. The first-order valence-corrected chi connectivity index (χ1v) is 9.20. The smallest absolute Gasteiger partial charge is 0.230 e. The number of carbonyl (C=O) groups excluding carboxylic acids is 1. The summed E-state index contributed by atoms with van der Waals surface area (Å²) in [6, 6.07) is 8.12. The van der Waals surface area contributed by atoms with E-state index in [1.165, 1.54) is 32.1 Å². The highest BCUT2D eigenvalue weighted by Gasteiger charge is 2.23. The summed E-state index contributed by atoms with van der Waals surface area (Å²) in [7, 11) is 0. The number of anilines is 1. The second kappa shape index (κ2) is 8.32. The van der Waals surface area contributed by atoms with Crippen LogP contribution in [0.3, 0.4) is 0 Å². The minimum absolute atomic E-state index is 0.00234. The summed E-state index contributed by atoms with van der Waals surface area (Å²) in [5, 5.41) is 8.67. The van der Waals surface area contributed by atoms with Crippen molar-refractivity contribution in [2.45, 2.75) is 72.8 Å². The Labute approximate surface area is 145 Å². The van der Waals surface area contributed by atoms with E-state index in [0.717, 1.165) is 23.9 Å². The number of hydrogen-bond donors (Lipinski definition) is 1. The van der Waals surface area contributed by atoms with E-state index in [0.29, 0.717) is 5.82 Å². The van der Waals surface area contributed by atoms with Crippen molar-refractivity contribution in [2.75, 3.05) is 5.32 Å². The summed E-state index contributed by atoms with van der Waals surface area (Å²) >= 11 is 0. The zero-order chi connectivity index (χ0) is 17.6. The molecule has 0 saturated heterocycles. The minimum atomic E-state index is -0.426. The molecule has 1 heterocycles. The number of amides is 1. The van der Waals surface area contributed by atoms with Crippen molar-refractivity contribution in [2.24, 2.45) is 5.41 Å². The van der Waals surface area contributed by atoms with Crippen LogP contribution >= 0.6 is 0 Å². The SMILES string of the molecule is CCCCCCCCn1nc(NC(=O)C(C)(C)C)c2ccccc21. The molecule has 2 rings (SSSR count). The number of unbranched alkanes of at least 4 members (excludes halogenated alkanes) is 5. The van der Waals surface area contributed by atoms with Crippen LogP contribution in [0.5, 0.6) is 0 Å². The molecule has 0 fully saturated rings. The lowest BCUT2D eigenvalue weighted by Gasteiger charge is -2.16. The average Bonchev–Trinajstić information content (AvgIpc) is 2.88. The normalized spacial score (nSPS) is 11.8. The van der Waals surface area contributed by atoms with E-state index in [4.69, 9.17) is 0 Å². The molecule has 0 saturated carbocycles. The Bertz CT molecular complexity index is 667. The molecule has 1 aromatic carbocycles. The van der Waals surface area contributed by atoms with E-state index in [-0.39, 0.29) is 5.91 Å². The first-order chi connectivity index (χ1) is 11.4. The molecule has 132 valence electrons. The van der Waals surface area contributed by atoms with Crippen LogP contribution in [0.1, 0.15) is 66.2 Å². The fraction of sp³-hybridized carbons (Fsp3) is 0.600. The van der Waals surface area contributed by atoms with Crippen LogP contribution in [0.4, 0.5) is 5.82 Å². The predicted octanol–water partition coefficient (Wildman–Crippen LogP) is 5.38. The van der Waals surface area contributed by atoms with Crippen LogP contribution < -0.4 is 5.32 Å². The van der Waals surface area contributed by atoms with Gasteiger partial charge in [-0.25, -0.2) is 0 Å². The second-order valence-corrected chi connectivity index (χ2v) is 7.56. The number of rotatable bonds is 8. The van der Waals surface area contributed by atoms with E-state index in [2.05, 4.69) is 23.4 Å². The maximum atomic E-state index is 12.3. The lowest BCUT2D eigenvalue weighted by atomic mass is 9.96. The minimum Gasteiger partial charge on any atom is -0.308 e. The molecule has 1 amide bonds. The van der Waals surface area contributed by atoms with E-state index >= 15 is 0 Å². The molecule has 0 radical (unpaired) electrons. The molecule has 0 atom stereocenters. The highest BCUT2D eigenvalue weighted by Crippen LogP contribution is 2.25. The summed E-state index contributed by atoms with van der Waals surface area (Å²) in [6.07, 6.45) is 7.58. The fourth-order valence-corrected chi connectivity index (χ4v) is 2.73. The topological polar surface area (TPSA) is 46.9 Å². The molecule has 24 heavy (non-hydrogen) atoms. The van der Waals surface area contributed by atoms with Gasteiger partial charge in [-0.2, -0.15) is 5.10 Å². The highest BCUT2D eigenvalue weighted by atomic mass is 16.2. The maximum absolute atomic E-state index is 12.3. The van der Waals surface area contributed by atoms with Crippen LogP contribution in [0.25, 0.3) is 10.9 Å². The molecule has 0 spiro atoms. The lowest BCUT2D eigenvalue weighted by Crippen LogP contribution is -2.27. The van der Waals surface area contributed by atoms with Crippen molar-refractivity contribution in [1.82, 2.24) is 9.78 Å². The Morgan fingerprint density at radius 1 is 1.08 bits per heavy atom. The van der Waals surface area contributed by atoms with Crippen molar-refractivity contribution in [1.29, 1.82) is 0 Å². The Hall–Kier alpha value is -1.84. The average molecular weight is 329 g/mol. The van der Waals surface area contributed by atoms with Gasteiger partial charge in [0, 0.05) is 17.3 Å². The van der Waals surface area contributed by atoms with Gasteiger partial charge in [0.15, 0.2) is 5.82 Å². The van der Waals surface area contributed by atoms with E-state index in [1.807, 2.05) is 43.7 Å². The monoisotopic (exact) mass is 329 g/mol. The van der Waals surface area contributed by atoms with Gasteiger partial charge in [-0.1, -0.05) is 71.9 Å². The van der Waals surface area contributed by atoms with Crippen LogP contribution in [0.15, 0.2) is 24.3 Å². The first kappa shape index (κ1) is 18.5. The molecule has 2 aromatic rings. The first-order valence-electron chi connectivity index (χ1n) is 9.20. The number of para-hydroxylation sites is 1. The Balaban J connectivity index is 2.07. The van der Waals surface area contributed by atoms with Crippen molar-refractivity contribution >= 4 is 22.6 Å². The van der Waals surface area contributed by atoms with Gasteiger partial charge < -0.3 is 5.32 Å². The number of aryl methyl sites for hydroxylation is 1. The third-order valence-electron chi connectivity index (χ3n) is 4.29. The van der Waals surface area contributed by atoms with Gasteiger partial charge in [0.1, 0.15) is 0 Å². The van der Waals surface area contributed by atoms with E-state index < -0.39 is 5.41 Å². The fourth-order valence-electron chi connectivity index (χ4n) is 2.73. The van der Waals surface area contributed by atoms with Gasteiger partial charge in [-0.3, -0.25) is 9.48 Å². The summed E-state index contributed by atoms with van der Waals surface area (Å²) in [4.78, 5) is 12.3. The number of nitrogens with one attached hydrogen (secondary N) is 1. The van der Waals surface area contributed by atoms with E-state index in [9.17, 15) is 4.79 Å². The molecule has 0 aliphatic heterocycles. The second-order valence-electron chi connectivity index (χ2n) is 7.56. The van der Waals surface area contributed by atoms with Crippen LogP contribution in [0.2, 0.25) is 0 Å². The number of aromatic nitrogens is 2. The standard InChI is InChI=1S/C20H31N3O/c1-5-6-7-8-9-12-15-23-17-14-11-10-13-16(17)18(22-23)21-19(24)20(2,3)4/h10-11,13-14H,5-9,12,15H2,1-4H3,(H,21,22,24). The molecule has 0 bridgehead atoms. The number of nitrogens with zero attached hydrogens (tertiary/aromatic N) is 2. The van der Waals surface area contributed by atoms with E-state index in [1.54, 1.807) is 0 Å². The van der Waals surface area contributed by atoms with Gasteiger partial charge in [-0.15, -0.1) is 0 Å². The van der Waals surface area contributed by atoms with Crippen LogP contribution in [-0.2, 0) is 11.3 Å². The molecule has 4 heteroatoms. The molecule has 0 unspecified atom stereocenters. The molecule has 1 N–H and O–H groups in total. The Morgan fingerprint density at radius 2 is 1.75 bits per heavy atom. The molecular weight excluding hydrogens is 298 g/mol.